The molecule has 0 radical (unpaired) electrons. The van der Waals surface area contributed by atoms with Gasteiger partial charge in [-0.1, -0.05) is 31.2 Å². The van der Waals surface area contributed by atoms with Crippen molar-refractivity contribution in [3.63, 3.8) is 0 Å². The maximum atomic E-state index is 12.5. The summed E-state index contributed by atoms with van der Waals surface area (Å²) < 4.78 is 0. The van der Waals surface area contributed by atoms with Crippen LogP contribution >= 0.6 is 0 Å². The van der Waals surface area contributed by atoms with Crippen molar-refractivity contribution >= 4 is 22.6 Å². The summed E-state index contributed by atoms with van der Waals surface area (Å²) in [5.41, 5.74) is 1.24. The third kappa shape index (κ3) is 1.89. The van der Waals surface area contributed by atoms with Crippen LogP contribution in [0.3, 0.4) is 0 Å². The molecule has 1 heterocycles. The Kier molecular flexibility index (Phi) is 3.24. The predicted molar refractivity (Wildman–Crippen MR) is 77.9 cm³/mol. The van der Waals surface area contributed by atoms with Crippen LogP contribution in [-0.4, -0.2) is 36.3 Å². The molecular formula is C16H16N2O2. The number of hydrogen-bond donors (Lipinski definition) is 1. The Morgan fingerprint density at radius 3 is 2.15 bits per heavy atom. The van der Waals surface area contributed by atoms with E-state index < -0.39 is 0 Å². The lowest BCUT2D eigenvalue weighted by Gasteiger charge is -2.27. The van der Waals surface area contributed by atoms with E-state index >= 15 is 0 Å². The monoisotopic (exact) mass is 268 g/mol. The number of amides is 2. The molecule has 0 aromatic heterocycles. The summed E-state index contributed by atoms with van der Waals surface area (Å²) in [5.74, 6) is -0.394. The van der Waals surface area contributed by atoms with Gasteiger partial charge >= 0.3 is 0 Å². The fourth-order valence-electron chi connectivity index (χ4n) is 2.65. The molecule has 2 amide bonds. The summed E-state index contributed by atoms with van der Waals surface area (Å²) >= 11 is 0. The van der Waals surface area contributed by atoms with E-state index in [2.05, 4.69) is 5.32 Å². The highest BCUT2D eigenvalue weighted by Gasteiger charge is 2.31. The van der Waals surface area contributed by atoms with E-state index in [0.717, 1.165) is 17.3 Å². The number of hydrogen-bond acceptors (Lipinski definition) is 3. The largest absolute Gasteiger partial charge is 0.315 e. The normalized spacial score (nSPS) is 14.2. The Hall–Kier alpha value is -2.20. The van der Waals surface area contributed by atoms with Crippen molar-refractivity contribution in [2.75, 3.05) is 19.6 Å². The van der Waals surface area contributed by atoms with Gasteiger partial charge in [0.25, 0.3) is 11.8 Å². The Labute approximate surface area is 117 Å². The molecule has 2 aromatic carbocycles. The van der Waals surface area contributed by atoms with E-state index in [1.807, 2.05) is 31.2 Å². The van der Waals surface area contributed by atoms with Crippen LogP contribution < -0.4 is 5.32 Å². The van der Waals surface area contributed by atoms with Gasteiger partial charge in [-0.05, 0) is 24.1 Å². The minimum absolute atomic E-state index is 0.197. The quantitative estimate of drug-likeness (QED) is 0.682. The summed E-state index contributed by atoms with van der Waals surface area (Å²) in [6.07, 6.45) is 0. The molecule has 1 aliphatic rings. The zero-order valence-corrected chi connectivity index (χ0v) is 11.3. The first-order valence-electron chi connectivity index (χ1n) is 6.82. The van der Waals surface area contributed by atoms with Crippen LogP contribution in [0.4, 0.5) is 0 Å². The Morgan fingerprint density at radius 1 is 1.00 bits per heavy atom. The van der Waals surface area contributed by atoms with Crippen molar-refractivity contribution in [3.05, 3.63) is 47.5 Å². The van der Waals surface area contributed by atoms with Crippen molar-refractivity contribution in [3.8, 4) is 0 Å². The minimum atomic E-state index is -0.197. The highest BCUT2D eigenvalue weighted by atomic mass is 16.2. The van der Waals surface area contributed by atoms with Crippen molar-refractivity contribution in [1.82, 2.24) is 10.2 Å². The molecule has 0 unspecified atom stereocenters. The first-order chi connectivity index (χ1) is 9.74. The third-order valence-corrected chi connectivity index (χ3v) is 3.62. The average Bonchev–Trinajstić information content (AvgIpc) is 2.48. The van der Waals surface area contributed by atoms with Crippen molar-refractivity contribution in [1.29, 1.82) is 0 Å². The number of carbonyl (C=O) groups excluding carboxylic acids is 2. The van der Waals surface area contributed by atoms with Gasteiger partial charge in [0.05, 0.1) is 0 Å². The molecule has 1 N–H and O–H groups in total. The van der Waals surface area contributed by atoms with Gasteiger partial charge in [0, 0.05) is 29.6 Å². The molecule has 0 fully saturated rings. The van der Waals surface area contributed by atoms with Crippen LogP contribution in [0.2, 0.25) is 0 Å². The van der Waals surface area contributed by atoms with E-state index in [4.69, 9.17) is 0 Å². The molecular weight excluding hydrogens is 252 g/mol. The predicted octanol–water partition coefficient (Wildman–Crippen LogP) is 2.05. The summed E-state index contributed by atoms with van der Waals surface area (Å²) in [6.45, 7) is 3.83. The molecule has 4 heteroatoms. The first kappa shape index (κ1) is 12.8. The van der Waals surface area contributed by atoms with Gasteiger partial charge in [-0.25, -0.2) is 0 Å². The van der Waals surface area contributed by atoms with Crippen LogP contribution in [0.15, 0.2) is 36.4 Å². The lowest BCUT2D eigenvalue weighted by molar-refractivity contribution is 0.0612. The molecule has 4 nitrogen and oxygen atoms in total. The lowest BCUT2D eigenvalue weighted by Crippen LogP contribution is -2.43. The van der Waals surface area contributed by atoms with Crippen LogP contribution in [-0.2, 0) is 0 Å². The molecule has 0 aliphatic carbocycles. The SMILES string of the molecule is CCNCCN1C(=O)c2cccc3cccc(c23)C1=O. The molecule has 102 valence electrons. The summed E-state index contributed by atoms with van der Waals surface area (Å²) in [6, 6.07) is 11.2. The number of likely N-dealkylation sites (N-methyl/N-ethyl adjacent to an activating group) is 1. The summed E-state index contributed by atoms with van der Waals surface area (Å²) in [7, 11) is 0. The lowest BCUT2D eigenvalue weighted by atomic mass is 9.94. The van der Waals surface area contributed by atoms with Crippen LogP contribution in [0.5, 0.6) is 0 Å². The fourth-order valence-corrected chi connectivity index (χ4v) is 2.65. The van der Waals surface area contributed by atoms with Gasteiger partial charge < -0.3 is 5.32 Å². The van der Waals surface area contributed by atoms with Gasteiger partial charge in [0.2, 0.25) is 0 Å². The highest BCUT2D eigenvalue weighted by Crippen LogP contribution is 2.29. The van der Waals surface area contributed by atoms with Gasteiger partial charge in [0.1, 0.15) is 0 Å². The minimum Gasteiger partial charge on any atom is -0.315 e. The molecule has 3 rings (SSSR count). The fraction of sp³-hybridized carbons (Fsp3) is 0.250. The van der Waals surface area contributed by atoms with E-state index in [0.29, 0.717) is 24.2 Å². The van der Waals surface area contributed by atoms with Crippen LogP contribution in [0.25, 0.3) is 10.8 Å². The Bertz CT molecular complexity index is 643. The third-order valence-electron chi connectivity index (χ3n) is 3.62. The van der Waals surface area contributed by atoms with Gasteiger partial charge in [-0.3, -0.25) is 14.5 Å². The summed E-state index contributed by atoms with van der Waals surface area (Å²) in [4.78, 5) is 26.3. The molecule has 20 heavy (non-hydrogen) atoms. The van der Waals surface area contributed by atoms with Crippen LogP contribution in [0.1, 0.15) is 27.6 Å². The van der Waals surface area contributed by atoms with Crippen molar-refractivity contribution in [2.45, 2.75) is 6.92 Å². The first-order valence-corrected chi connectivity index (χ1v) is 6.82. The average molecular weight is 268 g/mol. The Balaban J connectivity index is 2.07. The second kappa shape index (κ2) is 5.06. The van der Waals surface area contributed by atoms with Crippen molar-refractivity contribution < 1.29 is 9.59 Å². The van der Waals surface area contributed by atoms with Crippen molar-refractivity contribution in [2.24, 2.45) is 0 Å². The van der Waals surface area contributed by atoms with E-state index in [1.165, 1.54) is 4.90 Å². The van der Waals surface area contributed by atoms with Gasteiger partial charge in [0.15, 0.2) is 0 Å². The van der Waals surface area contributed by atoms with E-state index in [1.54, 1.807) is 12.1 Å². The molecule has 0 spiro atoms. The van der Waals surface area contributed by atoms with E-state index in [9.17, 15) is 9.59 Å². The number of rotatable bonds is 4. The number of nitrogens with one attached hydrogen (secondary N) is 1. The van der Waals surface area contributed by atoms with Gasteiger partial charge in [-0.15, -0.1) is 0 Å². The topological polar surface area (TPSA) is 49.4 Å². The number of nitrogens with zero attached hydrogens (tertiary/aromatic N) is 1. The second-order valence-electron chi connectivity index (χ2n) is 4.82. The second-order valence-corrected chi connectivity index (χ2v) is 4.82. The number of imide groups is 1. The molecule has 2 aromatic rings. The van der Waals surface area contributed by atoms with Crippen LogP contribution in [0, 0.1) is 0 Å². The van der Waals surface area contributed by atoms with Gasteiger partial charge in [-0.2, -0.15) is 0 Å². The molecule has 0 bridgehead atoms. The number of carbonyl (C=O) groups is 2. The van der Waals surface area contributed by atoms with E-state index in [-0.39, 0.29) is 11.8 Å². The molecule has 0 saturated heterocycles. The zero-order valence-electron chi connectivity index (χ0n) is 11.3. The zero-order chi connectivity index (χ0) is 14.1. The Morgan fingerprint density at radius 2 is 1.60 bits per heavy atom. The maximum absolute atomic E-state index is 12.5. The summed E-state index contributed by atoms with van der Waals surface area (Å²) in [5, 5.41) is 4.86. The smallest absolute Gasteiger partial charge is 0.261 e. The highest BCUT2D eigenvalue weighted by molar-refractivity contribution is 6.25. The standard InChI is InChI=1S/C16H16N2O2/c1-2-17-9-10-18-15(19)12-7-3-5-11-6-4-8-13(14(11)12)16(18)20/h3-8,17H,2,9-10H2,1H3. The molecule has 0 saturated carbocycles. The molecule has 1 aliphatic heterocycles. The maximum Gasteiger partial charge on any atom is 0.261 e. The molecule has 0 atom stereocenters. The number of benzene rings is 2.